The van der Waals surface area contributed by atoms with Crippen molar-refractivity contribution >= 4 is 42.2 Å². The van der Waals surface area contributed by atoms with Crippen molar-refractivity contribution in [3.63, 3.8) is 0 Å². The zero-order valence-electron chi connectivity index (χ0n) is 17.0. The molecular formula is C24H18B2N2O4. The van der Waals surface area contributed by atoms with Crippen LogP contribution in [0.15, 0.2) is 91.0 Å². The van der Waals surface area contributed by atoms with Gasteiger partial charge >= 0.3 is 14.2 Å². The Kier molecular flexibility index (Phi) is 4.35. The number of fused-ring (bicyclic) bond motifs is 2. The molecule has 0 bridgehead atoms. The minimum Gasteiger partial charge on any atom is -0.519 e. The first kappa shape index (κ1) is 18.6. The Hall–Kier alpha value is -4.19. The molecule has 0 fully saturated rings. The summed E-state index contributed by atoms with van der Waals surface area (Å²) in [5.41, 5.74) is 10.3. The lowest BCUT2D eigenvalue weighted by molar-refractivity contribution is 0.518. The Bertz CT molecular complexity index is 1270. The van der Waals surface area contributed by atoms with Crippen LogP contribution in [0.25, 0.3) is 0 Å². The number of nitrogens with one attached hydrogen (secondary N) is 1. The second kappa shape index (κ2) is 7.50. The van der Waals surface area contributed by atoms with Crippen LogP contribution >= 0.6 is 0 Å². The molecule has 4 aromatic carbocycles. The Balaban J connectivity index is 1.22. The van der Waals surface area contributed by atoms with E-state index in [1.807, 2.05) is 91.0 Å². The number of rotatable bonds is 4. The number of anilines is 3. The molecule has 0 saturated carbocycles. The van der Waals surface area contributed by atoms with Crippen molar-refractivity contribution in [1.29, 1.82) is 0 Å². The molecule has 3 N–H and O–H groups in total. The van der Waals surface area contributed by atoms with Gasteiger partial charge in [-0.2, -0.15) is 0 Å². The van der Waals surface area contributed by atoms with Gasteiger partial charge in [-0.15, -0.1) is 0 Å². The molecule has 4 aromatic rings. The first-order valence-electron chi connectivity index (χ1n) is 10.3. The van der Waals surface area contributed by atoms with Crippen molar-refractivity contribution in [2.75, 3.05) is 11.1 Å². The zero-order valence-corrected chi connectivity index (χ0v) is 17.0. The van der Waals surface area contributed by atoms with Gasteiger partial charge < -0.3 is 29.7 Å². The van der Waals surface area contributed by atoms with Gasteiger partial charge in [0.15, 0.2) is 0 Å². The lowest BCUT2D eigenvalue weighted by Gasteiger charge is -2.13. The van der Waals surface area contributed by atoms with Gasteiger partial charge in [-0.25, -0.2) is 0 Å². The van der Waals surface area contributed by atoms with Gasteiger partial charge in [0.05, 0.1) is 11.4 Å². The van der Waals surface area contributed by atoms with E-state index in [1.165, 1.54) is 0 Å². The summed E-state index contributed by atoms with van der Waals surface area (Å²) in [6, 6.07) is 28.8. The topological polar surface area (TPSA) is 75.0 Å². The van der Waals surface area contributed by atoms with E-state index in [4.69, 9.17) is 24.4 Å². The van der Waals surface area contributed by atoms with Crippen molar-refractivity contribution in [3.8, 4) is 23.0 Å². The number of benzene rings is 4. The fraction of sp³-hybridized carbons (Fsp3) is 0. The van der Waals surface area contributed by atoms with Crippen LogP contribution in [0.2, 0.25) is 0 Å². The maximum atomic E-state index is 6.24. The smallest absolute Gasteiger partial charge is 0.519 e. The summed E-state index contributed by atoms with van der Waals surface area (Å²) >= 11 is 0. The fourth-order valence-electron chi connectivity index (χ4n) is 3.82. The maximum absolute atomic E-state index is 6.24. The van der Waals surface area contributed by atoms with Crippen LogP contribution in [0.5, 0.6) is 23.0 Å². The predicted molar refractivity (Wildman–Crippen MR) is 127 cm³/mol. The molecule has 0 aromatic heterocycles. The lowest BCUT2D eigenvalue weighted by Crippen LogP contribution is -2.39. The third kappa shape index (κ3) is 3.36. The van der Waals surface area contributed by atoms with Gasteiger partial charge in [-0.05, 0) is 48.5 Å². The highest BCUT2D eigenvalue weighted by Gasteiger charge is 2.35. The number of hydrogen-bond donors (Lipinski definition) is 2. The Morgan fingerprint density at radius 2 is 1.09 bits per heavy atom. The van der Waals surface area contributed by atoms with E-state index in [0.29, 0.717) is 5.69 Å². The van der Waals surface area contributed by atoms with Gasteiger partial charge in [-0.3, -0.25) is 0 Å². The molecule has 0 saturated heterocycles. The molecule has 32 heavy (non-hydrogen) atoms. The molecule has 0 amide bonds. The maximum Gasteiger partial charge on any atom is 0.632 e. The molecule has 6 nitrogen and oxygen atoms in total. The first-order valence-corrected chi connectivity index (χ1v) is 10.3. The van der Waals surface area contributed by atoms with E-state index in [0.717, 1.165) is 45.3 Å². The molecule has 0 atom stereocenters. The van der Waals surface area contributed by atoms with Crippen LogP contribution in [0.3, 0.4) is 0 Å². The minimum absolute atomic E-state index is 0.489. The van der Waals surface area contributed by atoms with Crippen LogP contribution in [-0.2, 0) is 0 Å². The van der Waals surface area contributed by atoms with Crippen molar-refractivity contribution < 1.29 is 18.6 Å². The Labute approximate surface area is 186 Å². The Morgan fingerprint density at radius 3 is 1.66 bits per heavy atom. The summed E-state index contributed by atoms with van der Waals surface area (Å²) in [6.07, 6.45) is 0. The van der Waals surface area contributed by atoms with Gasteiger partial charge in [-0.1, -0.05) is 42.5 Å². The van der Waals surface area contributed by atoms with Crippen molar-refractivity contribution in [1.82, 2.24) is 0 Å². The number of para-hydroxylation sites is 4. The quantitative estimate of drug-likeness (QED) is 0.390. The monoisotopic (exact) mass is 420 g/mol. The number of nitrogen functional groups attached to an aromatic ring is 1. The minimum atomic E-state index is -0.515. The van der Waals surface area contributed by atoms with E-state index in [-0.39, 0.29) is 0 Å². The SMILES string of the molecule is Nc1ccc(B2Oc3ccccc3O2)cc1Nc1cccc(B2Oc3ccccc3O2)c1. The van der Waals surface area contributed by atoms with Crippen LogP contribution in [0.4, 0.5) is 17.1 Å². The molecule has 0 radical (unpaired) electrons. The molecule has 0 spiro atoms. The summed E-state index contributed by atoms with van der Waals surface area (Å²) in [4.78, 5) is 0. The van der Waals surface area contributed by atoms with Crippen LogP contribution in [0, 0.1) is 0 Å². The van der Waals surface area contributed by atoms with Crippen molar-refractivity contribution in [2.45, 2.75) is 0 Å². The molecule has 2 heterocycles. The molecular weight excluding hydrogens is 402 g/mol. The first-order chi connectivity index (χ1) is 15.7. The van der Waals surface area contributed by atoms with E-state index in [9.17, 15) is 0 Å². The summed E-state index contributed by atoms with van der Waals surface area (Å²) in [5, 5.41) is 3.40. The standard InChI is InChI=1S/C24H18B2N2O4/c27-19-13-12-17(26-31-23-10-3-4-11-24(23)32-26)15-20(19)28-18-7-5-6-16(14-18)25-29-21-8-1-2-9-22(21)30-25/h1-15,28H,27H2. The number of hydrogen-bond acceptors (Lipinski definition) is 6. The van der Waals surface area contributed by atoms with Gasteiger partial charge in [0, 0.05) is 16.6 Å². The molecule has 6 rings (SSSR count). The van der Waals surface area contributed by atoms with E-state index < -0.39 is 14.2 Å². The van der Waals surface area contributed by atoms with Gasteiger partial charge in [0.2, 0.25) is 0 Å². The summed E-state index contributed by atoms with van der Waals surface area (Å²) in [6.45, 7) is 0. The summed E-state index contributed by atoms with van der Waals surface area (Å²) < 4.78 is 23.7. The third-order valence-corrected chi connectivity index (χ3v) is 5.42. The Morgan fingerprint density at radius 1 is 0.562 bits per heavy atom. The zero-order chi connectivity index (χ0) is 21.5. The average Bonchev–Trinajstić information content (AvgIpc) is 3.45. The molecule has 2 aliphatic heterocycles. The van der Waals surface area contributed by atoms with E-state index >= 15 is 0 Å². The summed E-state index contributed by atoms with van der Waals surface area (Å²) in [7, 11) is -1.00. The molecule has 8 heteroatoms. The van der Waals surface area contributed by atoms with E-state index in [1.54, 1.807) is 0 Å². The normalized spacial score (nSPS) is 13.4. The van der Waals surface area contributed by atoms with E-state index in [2.05, 4.69) is 5.32 Å². The summed E-state index contributed by atoms with van der Waals surface area (Å²) in [5.74, 6) is 2.94. The second-order valence-corrected chi connectivity index (χ2v) is 7.63. The third-order valence-electron chi connectivity index (χ3n) is 5.42. The number of nitrogens with two attached hydrogens (primary N) is 1. The van der Waals surface area contributed by atoms with Gasteiger partial charge in [0.1, 0.15) is 23.0 Å². The van der Waals surface area contributed by atoms with Crippen molar-refractivity contribution in [3.05, 3.63) is 91.0 Å². The van der Waals surface area contributed by atoms with Crippen LogP contribution in [-0.4, -0.2) is 14.2 Å². The fourth-order valence-corrected chi connectivity index (χ4v) is 3.82. The average molecular weight is 420 g/mol. The van der Waals surface area contributed by atoms with Crippen LogP contribution in [0.1, 0.15) is 0 Å². The van der Waals surface area contributed by atoms with Crippen molar-refractivity contribution in [2.24, 2.45) is 0 Å². The molecule has 2 aliphatic rings. The largest absolute Gasteiger partial charge is 0.632 e. The highest BCUT2D eigenvalue weighted by atomic mass is 16.6. The predicted octanol–water partition coefficient (Wildman–Crippen LogP) is 3.35. The molecule has 0 unspecified atom stereocenters. The van der Waals surface area contributed by atoms with Crippen LogP contribution < -0.4 is 40.6 Å². The second-order valence-electron chi connectivity index (χ2n) is 7.63. The molecule has 0 aliphatic carbocycles. The highest BCUT2D eigenvalue weighted by Crippen LogP contribution is 2.34. The molecule has 154 valence electrons. The van der Waals surface area contributed by atoms with Gasteiger partial charge in [0.25, 0.3) is 0 Å². The lowest BCUT2D eigenvalue weighted by atomic mass is 9.78. The highest BCUT2D eigenvalue weighted by molar-refractivity contribution is 6.64.